The van der Waals surface area contributed by atoms with E-state index >= 15 is 0 Å². The Balaban J connectivity index is 0.00000144. The molecule has 0 atom stereocenters. The summed E-state index contributed by atoms with van der Waals surface area (Å²) in [6, 6.07) is 0. The molecule has 0 aromatic carbocycles. The molecule has 1 aromatic rings. The minimum atomic E-state index is 0. The van der Waals surface area contributed by atoms with Gasteiger partial charge in [0.1, 0.15) is 0 Å². The number of nitrogens with two attached hydrogens (primary N) is 1. The average molecular weight is 295 g/mol. The molecule has 0 bridgehead atoms. The Morgan fingerprint density at radius 2 is 2.11 bits per heavy atom. The minimum absolute atomic E-state index is 0. The molecule has 0 radical (unpaired) electrons. The van der Waals surface area contributed by atoms with Gasteiger partial charge in [0.2, 0.25) is 5.91 Å². The molecule has 5 nitrogen and oxygen atoms in total. The third-order valence-corrected chi connectivity index (χ3v) is 2.98. The van der Waals surface area contributed by atoms with Gasteiger partial charge in [-0.2, -0.15) is 5.10 Å². The summed E-state index contributed by atoms with van der Waals surface area (Å²) in [5.74, 6) is 0.322. The van der Waals surface area contributed by atoms with Crippen LogP contribution in [0.25, 0.3) is 0 Å². The second-order valence-corrected chi connectivity index (χ2v) is 4.25. The zero-order chi connectivity index (χ0) is 11.4. The van der Waals surface area contributed by atoms with Gasteiger partial charge in [-0.25, -0.2) is 0 Å². The van der Waals surface area contributed by atoms with Crippen molar-refractivity contribution in [3.8, 4) is 0 Å². The summed E-state index contributed by atoms with van der Waals surface area (Å²) in [6.07, 6.45) is 7.86. The summed E-state index contributed by atoms with van der Waals surface area (Å²) in [7, 11) is 0. The van der Waals surface area contributed by atoms with E-state index in [0.717, 1.165) is 18.5 Å². The van der Waals surface area contributed by atoms with Gasteiger partial charge in [0.15, 0.2) is 0 Å². The summed E-state index contributed by atoms with van der Waals surface area (Å²) < 4.78 is 1.74. The van der Waals surface area contributed by atoms with Gasteiger partial charge in [-0.05, 0) is 12.8 Å². The van der Waals surface area contributed by atoms with Crippen molar-refractivity contribution in [1.29, 1.82) is 0 Å². The minimum Gasteiger partial charge on any atom is -0.329 e. The van der Waals surface area contributed by atoms with E-state index in [4.69, 9.17) is 5.73 Å². The Morgan fingerprint density at radius 3 is 2.72 bits per heavy atom. The summed E-state index contributed by atoms with van der Waals surface area (Å²) in [6.45, 7) is 1.23. The van der Waals surface area contributed by atoms with Crippen LogP contribution >= 0.6 is 24.8 Å². The molecule has 2 rings (SSSR count). The first kappa shape index (κ1) is 17.2. The summed E-state index contributed by atoms with van der Waals surface area (Å²) >= 11 is 0. The molecule has 1 aromatic heterocycles. The fourth-order valence-corrected chi connectivity index (χ4v) is 2.12. The van der Waals surface area contributed by atoms with Crippen molar-refractivity contribution in [2.24, 2.45) is 11.7 Å². The fourth-order valence-electron chi connectivity index (χ4n) is 2.12. The van der Waals surface area contributed by atoms with Gasteiger partial charge >= 0.3 is 0 Å². The standard InChI is InChI=1S/C11H18N4O.2ClH/c12-5-6-15-8-10(7-13-15)14-11(16)9-3-1-2-4-9;;/h7-9H,1-6,12H2,(H,14,16);2*1H. The molecule has 1 aliphatic carbocycles. The maximum atomic E-state index is 11.8. The van der Waals surface area contributed by atoms with Crippen molar-refractivity contribution >= 4 is 36.4 Å². The van der Waals surface area contributed by atoms with Crippen LogP contribution in [0.3, 0.4) is 0 Å². The maximum Gasteiger partial charge on any atom is 0.227 e. The van der Waals surface area contributed by atoms with Gasteiger partial charge in [0.05, 0.1) is 18.4 Å². The third-order valence-electron chi connectivity index (χ3n) is 2.98. The number of nitrogens with zero attached hydrogens (tertiary/aromatic N) is 2. The number of rotatable bonds is 4. The SMILES string of the molecule is Cl.Cl.NCCn1cc(NC(=O)C2CCCC2)cn1. The number of nitrogens with one attached hydrogen (secondary N) is 1. The van der Waals surface area contributed by atoms with Crippen LogP contribution in [0.5, 0.6) is 0 Å². The summed E-state index contributed by atoms with van der Waals surface area (Å²) in [5, 5.41) is 7.01. The first-order valence-corrected chi connectivity index (χ1v) is 5.83. The highest BCUT2D eigenvalue weighted by Gasteiger charge is 2.22. The molecule has 1 fully saturated rings. The third kappa shape index (κ3) is 4.48. The number of hydrogen-bond acceptors (Lipinski definition) is 3. The summed E-state index contributed by atoms with van der Waals surface area (Å²) in [4.78, 5) is 11.8. The van der Waals surface area contributed by atoms with Crippen LogP contribution in [0.4, 0.5) is 5.69 Å². The second-order valence-electron chi connectivity index (χ2n) is 4.25. The molecule has 1 aliphatic rings. The number of hydrogen-bond donors (Lipinski definition) is 2. The van der Waals surface area contributed by atoms with Crippen LogP contribution in [0.2, 0.25) is 0 Å². The van der Waals surface area contributed by atoms with Gasteiger partial charge in [-0.15, -0.1) is 24.8 Å². The predicted molar refractivity (Wildman–Crippen MR) is 76.4 cm³/mol. The quantitative estimate of drug-likeness (QED) is 0.890. The van der Waals surface area contributed by atoms with Crippen molar-refractivity contribution in [2.45, 2.75) is 32.2 Å². The van der Waals surface area contributed by atoms with E-state index in [1.807, 2.05) is 6.20 Å². The molecule has 1 saturated carbocycles. The lowest BCUT2D eigenvalue weighted by Gasteiger charge is -2.07. The second kappa shape index (κ2) is 8.34. The molecular weight excluding hydrogens is 275 g/mol. The fraction of sp³-hybridized carbons (Fsp3) is 0.636. The van der Waals surface area contributed by atoms with E-state index in [1.54, 1.807) is 10.9 Å². The molecule has 104 valence electrons. The largest absolute Gasteiger partial charge is 0.329 e. The lowest BCUT2D eigenvalue weighted by molar-refractivity contribution is -0.119. The zero-order valence-corrected chi connectivity index (χ0v) is 11.8. The van der Waals surface area contributed by atoms with Gasteiger partial charge in [0.25, 0.3) is 0 Å². The van der Waals surface area contributed by atoms with Crippen LogP contribution in [0.15, 0.2) is 12.4 Å². The van der Waals surface area contributed by atoms with Gasteiger partial charge in [-0.1, -0.05) is 12.8 Å². The Bertz CT molecular complexity index is 364. The Morgan fingerprint density at radius 1 is 1.44 bits per heavy atom. The number of amides is 1. The molecule has 0 aliphatic heterocycles. The molecular formula is C11H20Cl2N4O. The maximum absolute atomic E-state index is 11.8. The molecule has 1 amide bonds. The first-order valence-electron chi connectivity index (χ1n) is 5.83. The molecule has 3 N–H and O–H groups in total. The Hall–Kier alpha value is -0.780. The highest BCUT2D eigenvalue weighted by molar-refractivity contribution is 5.92. The normalized spacial score (nSPS) is 14.7. The Kier molecular flexibility index (Phi) is 7.98. The molecule has 0 saturated heterocycles. The van der Waals surface area contributed by atoms with E-state index in [9.17, 15) is 4.79 Å². The smallest absolute Gasteiger partial charge is 0.227 e. The molecule has 18 heavy (non-hydrogen) atoms. The van der Waals surface area contributed by atoms with E-state index in [1.165, 1.54) is 12.8 Å². The van der Waals surface area contributed by atoms with Crippen molar-refractivity contribution in [2.75, 3.05) is 11.9 Å². The number of aromatic nitrogens is 2. The van der Waals surface area contributed by atoms with E-state index in [2.05, 4.69) is 10.4 Å². The monoisotopic (exact) mass is 294 g/mol. The number of halogens is 2. The van der Waals surface area contributed by atoms with E-state index < -0.39 is 0 Å². The average Bonchev–Trinajstić information content (AvgIpc) is 2.89. The first-order chi connectivity index (χ1) is 7.79. The lowest BCUT2D eigenvalue weighted by Crippen LogP contribution is -2.19. The van der Waals surface area contributed by atoms with Gasteiger partial charge < -0.3 is 11.1 Å². The molecule has 0 spiro atoms. The van der Waals surface area contributed by atoms with Crippen molar-refractivity contribution < 1.29 is 4.79 Å². The van der Waals surface area contributed by atoms with Crippen molar-refractivity contribution in [3.05, 3.63) is 12.4 Å². The predicted octanol–water partition coefficient (Wildman–Crippen LogP) is 1.81. The van der Waals surface area contributed by atoms with Gasteiger partial charge in [-0.3, -0.25) is 9.48 Å². The van der Waals surface area contributed by atoms with Crippen molar-refractivity contribution in [1.82, 2.24) is 9.78 Å². The van der Waals surface area contributed by atoms with Crippen LogP contribution in [0, 0.1) is 5.92 Å². The topological polar surface area (TPSA) is 72.9 Å². The van der Waals surface area contributed by atoms with Crippen molar-refractivity contribution in [3.63, 3.8) is 0 Å². The van der Waals surface area contributed by atoms with Crippen LogP contribution in [0.1, 0.15) is 25.7 Å². The molecule has 7 heteroatoms. The zero-order valence-electron chi connectivity index (χ0n) is 10.2. The Labute approximate surface area is 119 Å². The summed E-state index contributed by atoms with van der Waals surface area (Å²) in [5.41, 5.74) is 6.19. The number of carbonyl (C=O) groups is 1. The highest BCUT2D eigenvalue weighted by atomic mass is 35.5. The number of anilines is 1. The van der Waals surface area contributed by atoms with E-state index in [-0.39, 0.29) is 36.6 Å². The van der Waals surface area contributed by atoms with Crippen LogP contribution in [-0.2, 0) is 11.3 Å². The van der Waals surface area contributed by atoms with E-state index in [0.29, 0.717) is 13.1 Å². The van der Waals surface area contributed by atoms with Gasteiger partial charge in [0, 0.05) is 18.7 Å². The highest BCUT2D eigenvalue weighted by Crippen LogP contribution is 2.25. The van der Waals surface area contributed by atoms with Crippen LogP contribution < -0.4 is 11.1 Å². The van der Waals surface area contributed by atoms with Crippen LogP contribution in [-0.4, -0.2) is 22.2 Å². The molecule has 1 heterocycles. The lowest BCUT2D eigenvalue weighted by atomic mass is 10.1. The molecule has 0 unspecified atom stereocenters. The number of carbonyl (C=O) groups excluding carboxylic acids is 1.